The molecule has 0 atom stereocenters. The van der Waals surface area contributed by atoms with Crippen molar-refractivity contribution in [3.05, 3.63) is 12.3 Å². The highest BCUT2D eigenvalue weighted by Crippen LogP contribution is 2.13. The van der Waals surface area contributed by atoms with Crippen molar-refractivity contribution in [1.29, 1.82) is 0 Å². The summed E-state index contributed by atoms with van der Waals surface area (Å²) in [4.78, 5) is 13.8. The lowest BCUT2D eigenvalue weighted by molar-refractivity contribution is -0.899. The minimum absolute atomic E-state index is 0.317. The molecule has 0 aliphatic carbocycles. The van der Waals surface area contributed by atoms with E-state index in [4.69, 9.17) is 4.74 Å². The Hall–Kier alpha value is -1.03. The highest BCUT2D eigenvalue weighted by molar-refractivity contribution is 5.77. The van der Waals surface area contributed by atoms with Crippen LogP contribution in [-0.2, 0) is 9.53 Å². The zero-order valence-electron chi connectivity index (χ0n) is 19.1. The summed E-state index contributed by atoms with van der Waals surface area (Å²) in [5.74, 6) is 0.317. The van der Waals surface area contributed by atoms with Gasteiger partial charge in [0.25, 0.3) is 0 Å². The van der Waals surface area contributed by atoms with E-state index < -0.39 is 0 Å². The Bertz CT molecular complexity index is 421. The molecule has 0 aromatic heterocycles. The van der Waals surface area contributed by atoms with E-state index in [9.17, 15) is 4.79 Å². The van der Waals surface area contributed by atoms with E-state index in [2.05, 4.69) is 27.1 Å². The number of rotatable bonds is 18. The molecule has 0 aromatic carbocycles. The van der Waals surface area contributed by atoms with Gasteiger partial charge in [-0.2, -0.15) is 0 Å². The Kier molecular flexibility index (Phi) is 14.1. The Balaban J connectivity index is 1.87. The average Bonchev–Trinajstić information content (AvgIpc) is 3.05. The molecule has 0 unspecified atom stereocenters. The van der Waals surface area contributed by atoms with Gasteiger partial charge >= 0.3 is 0 Å². The lowest BCUT2D eigenvalue weighted by Crippen LogP contribution is -2.49. The van der Waals surface area contributed by atoms with Gasteiger partial charge in [-0.15, -0.1) is 0 Å². The summed E-state index contributed by atoms with van der Waals surface area (Å²) in [6.07, 6.45) is 21.8. The molecular formula is C24H47N2O2+. The van der Waals surface area contributed by atoms with E-state index in [1.807, 2.05) is 11.2 Å². The summed E-state index contributed by atoms with van der Waals surface area (Å²) in [7, 11) is 4.40. The summed E-state index contributed by atoms with van der Waals surface area (Å²) in [6.45, 7) is 5.84. The Labute approximate surface area is 174 Å². The number of carbonyl (C=O) groups is 1. The number of likely N-dealkylation sites (tertiary alicyclic amines) is 1. The van der Waals surface area contributed by atoms with E-state index in [1.54, 1.807) is 0 Å². The van der Waals surface area contributed by atoms with Crippen molar-refractivity contribution in [2.75, 3.05) is 40.5 Å². The molecular weight excluding hydrogens is 348 g/mol. The van der Waals surface area contributed by atoms with Crippen LogP contribution in [0.1, 0.15) is 96.8 Å². The minimum Gasteiger partial charge on any atom is -0.501 e. The first-order valence-corrected chi connectivity index (χ1v) is 11.9. The van der Waals surface area contributed by atoms with Gasteiger partial charge < -0.3 is 9.22 Å². The number of carbonyl (C=O) groups excluding carboxylic acids is 1. The molecule has 1 rings (SSSR count). The maximum atomic E-state index is 11.8. The topological polar surface area (TPSA) is 29.5 Å². The predicted molar refractivity (Wildman–Crippen MR) is 119 cm³/mol. The number of amides is 1. The third kappa shape index (κ3) is 13.2. The number of nitrogens with zero attached hydrogens (tertiary/aromatic N) is 2. The average molecular weight is 396 g/mol. The molecule has 0 aromatic rings. The highest BCUT2D eigenvalue weighted by atomic mass is 16.5. The van der Waals surface area contributed by atoms with Crippen LogP contribution in [0, 0.1) is 0 Å². The van der Waals surface area contributed by atoms with Crippen LogP contribution in [0.3, 0.4) is 0 Å². The molecule has 164 valence electrons. The van der Waals surface area contributed by atoms with Crippen molar-refractivity contribution in [3.63, 3.8) is 0 Å². The van der Waals surface area contributed by atoms with Crippen molar-refractivity contribution in [2.24, 2.45) is 0 Å². The predicted octanol–water partition coefficient (Wildman–Crippen LogP) is 5.87. The number of hydrogen-bond donors (Lipinski definition) is 0. The van der Waals surface area contributed by atoms with Crippen molar-refractivity contribution in [3.8, 4) is 0 Å². The van der Waals surface area contributed by atoms with Crippen molar-refractivity contribution < 1.29 is 14.0 Å². The maximum Gasteiger partial charge on any atom is 0.226 e. The third-order valence-electron chi connectivity index (χ3n) is 5.67. The highest BCUT2D eigenvalue weighted by Gasteiger charge is 2.26. The molecule has 1 aliphatic rings. The van der Waals surface area contributed by atoms with E-state index in [0.29, 0.717) is 5.91 Å². The van der Waals surface area contributed by atoms with Gasteiger partial charge in [-0.3, -0.25) is 9.69 Å². The summed E-state index contributed by atoms with van der Waals surface area (Å²) in [5, 5.41) is 0. The molecule has 1 heterocycles. The molecule has 0 saturated carbocycles. The fourth-order valence-corrected chi connectivity index (χ4v) is 3.92. The van der Waals surface area contributed by atoms with Gasteiger partial charge in [0.15, 0.2) is 6.67 Å². The largest absolute Gasteiger partial charge is 0.501 e. The Morgan fingerprint density at radius 3 is 2.21 bits per heavy atom. The summed E-state index contributed by atoms with van der Waals surface area (Å²) >= 11 is 0. The smallest absolute Gasteiger partial charge is 0.226 e. The van der Waals surface area contributed by atoms with Gasteiger partial charge in [-0.1, -0.05) is 64.7 Å². The Morgan fingerprint density at radius 2 is 1.61 bits per heavy atom. The van der Waals surface area contributed by atoms with Crippen LogP contribution in [-0.4, -0.2) is 55.8 Å². The Morgan fingerprint density at radius 1 is 0.964 bits per heavy atom. The second-order valence-electron chi connectivity index (χ2n) is 9.13. The number of hydrogen-bond acceptors (Lipinski definition) is 2. The first-order valence-electron chi connectivity index (χ1n) is 11.9. The van der Waals surface area contributed by atoms with Crippen LogP contribution in [0.15, 0.2) is 12.3 Å². The van der Waals surface area contributed by atoms with Gasteiger partial charge in [-0.05, 0) is 25.3 Å². The first kappa shape index (κ1) is 25.0. The van der Waals surface area contributed by atoms with E-state index in [-0.39, 0.29) is 0 Å². The zero-order chi connectivity index (χ0) is 20.5. The number of allylic oxidation sites excluding steroid dienone is 1. The second-order valence-corrected chi connectivity index (χ2v) is 9.13. The van der Waals surface area contributed by atoms with Crippen molar-refractivity contribution in [2.45, 2.75) is 96.8 Å². The molecule has 1 fully saturated rings. The lowest BCUT2D eigenvalue weighted by Gasteiger charge is -2.33. The number of quaternary nitrogens is 1. The molecule has 0 radical (unpaired) electrons. The monoisotopic (exact) mass is 395 g/mol. The summed E-state index contributed by atoms with van der Waals surface area (Å²) in [6, 6.07) is 0. The third-order valence-corrected chi connectivity index (χ3v) is 5.67. The van der Waals surface area contributed by atoms with E-state index >= 15 is 0 Å². The van der Waals surface area contributed by atoms with Crippen LogP contribution >= 0.6 is 0 Å². The normalized spacial score (nSPS) is 15.1. The quantitative estimate of drug-likeness (QED) is 0.165. The summed E-state index contributed by atoms with van der Waals surface area (Å²) < 4.78 is 6.50. The molecule has 4 nitrogen and oxygen atoms in total. The summed E-state index contributed by atoms with van der Waals surface area (Å²) in [5.41, 5.74) is 0. The van der Waals surface area contributed by atoms with Crippen LogP contribution in [0.4, 0.5) is 0 Å². The van der Waals surface area contributed by atoms with Gasteiger partial charge in [0.1, 0.15) is 0 Å². The van der Waals surface area contributed by atoms with E-state index in [1.165, 1.54) is 64.2 Å². The minimum atomic E-state index is 0.317. The van der Waals surface area contributed by atoms with Gasteiger partial charge in [0.05, 0.1) is 33.5 Å². The molecule has 1 aliphatic heterocycles. The standard InChI is InChI=1S/C24H47N2O2/c1-4-5-6-7-8-9-10-11-12-13-14-15-21-28-22-17-20-26(2,3)23-25-19-16-18-24(25)27/h15,21H,4-14,16-20,22-23H2,1-3H3/q+1. The number of unbranched alkanes of at least 4 members (excludes halogenated alkanes) is 10. The second kappa shape index (κ2) is 15.8. The van der Waals surface area contributed by atoms with Gasteiger partial charge in [0, 0.05) is 19.4 Å². The first-order chi connectivity index (χ1) is 13.5. The van der Waals surface area contributed by atoms with Crippen LogP contribution in [0.25, 0.3) is 0 Å². The number of ether oxygens (including phenoxy) is 1. The fourth-order valence-electron chi connectivity index (χ4n) is 3.92. The zero-order valence-corrected chi connectivity index (χ0v) is 19.1. The maximum absolute atomic E-state index is 11.8. The van der Waals surface area contributed by atoms with Gasteiger partial charge in [0.2, 0.25) is 5.91 Å². The fraction of sp³-hybridized carbons (Fsp3) is 0.875. The van der Waals surface area contributed by atoms with Crippen LogP contribution in [0.5, 0.6) is 0 Å². The van der Waals surface area contributed by atoms with Crippen LogP contribution < -0.4 is 0 Å². The molecule has 28 heavy (non-hydrogen) atoms. The lowest BCUT2D eigenvalue weighted by atomic mass is 10.1. The van der Waals surface area contributed by atoms with Crippen molar-refractivity contribution in [1.82, 2.24) is 4.90 Å². The van der Waals surface area contributed by atoms with Gasteiger partial charge in [-0.25, -0.2) is 0 Å². The van der Waals surface area contributed by atoms with E-state index in [0.717, 1.165) is 56.5 Å². The molecule has 1 amide bonds. The molecule has 1 saturated heterocycles. The molecule has 0 bridgehead atoms. The van der Waals surface area contributed by atoms with Crippen LogP contribution in [0.2, 0.25) is 0 Å². The molecule has 4 heteroatoms. The SMILES string of the molecule is CCCCCCCCCCCCC=COCCC[N+](C)(C)CN1CCCC1=O. The molecule has 0 N–H and O–H groups in total. The molecule has 0 spiro atoms. The van der Waals surface area contributed by atoms with Crippen molar-refractivity contribution >= 4 is 5.91 Å².